The molecule has 0 saturated heterocycles. The zero-order valence-corrected chi connectivity index (χ0v) is 21.7. The third-order valence-electron chi connectivity index (χ3n) is 6.98. The summed E-state index contributed by atoms with van der Waals surface area (Å²) in [4.78, 5) is 23.8. The Bertz CT molecular complexity index is 399. The van der Waals surface area contributed by atoms with Gasteiger partial charge in [-0.2, -0.15) is 0 Å². The van der Waals surface area contributed by atoms with Crippen LogP contribution >= 0.6 is 0 Å². The first-order valence-electron chi connectivity index (χ1n) is 14.1. The summed E-state index contributed by atoms with van der Waals surface area (Å²) in [6.45, 7) is 4.50. The van der Waals surface area contributed by atoms with Gasteiger partial charge < -0.3 is 11.5 Å². The van der Waals surface area contributed by atoms with Crippen LogP contribution in [-0.4, -0.2) is 11.8 Å². The first-order chi connectivity index (χ1) is 15.5. The number of carbonyl (C=O) groups excluding carboxylic acids is 2. The minimum atomic E-state index is -0.212. The highest BCUT2D eigenvalue weighted by atomic mass is 16.1. The van der Waals surface area contributed by atoms with Gasteiger partial charge in [-0.3, -0.25) is 9.59 Å². The average Bonchev–Trinajstić information content (AvgIpc) is 2.76. The van der Waals surface area contributed by atoms with Gasteiger partial charge in [0.05, 0.1) is 0 Å². The molecule has 2 atom stereocenters. The van der Waals surface area contributed by atoms with Crippen molar-refractivity contribution < 1.29 is 9.59 Å². The van der Waals surface area contributed by atoms with E-state index in [0.717, 1.165) is 25.7 Å². The molecule has 0 fully saturated rings. The van der Waals surface area contributed by atoms with Crippen molar-refractivity contribution in [2.45, 2.75) is 155 Å². The fourth-order valence-corrected chi connectivity index (χ4v) is 4.66. The van der Waals surface area contributed by atoms with Crippen LogP contribution in [0.1, 0.15) is 155 Å². The maximum absolute atomic E-state index is 11.9. The van der Waals surface area contributed by atoms with Gasteiger partial charge in [-0.05, 0) is 25.7 Å². The van der Waals surface area contributed by atoms with E-state index in [0.29, 0.717) is 12.8 Å². The van der Waals surface area contributed by atoms with Crippen molar-refractivity contribution in [2.24, 2.45) is 23.3 Å². The predicted molar refractivity (Wildman–Crippen MR) is 138 cm³/mol. The van der Waals surface area contributed by atoms with Crippen molar-refractivity contribution in [3.8, 4) is 0 Å². The number of hydrogen-bond acceptors (Lipinski definition) is 2. The SMILES string of the molecule is CCCCCCCCCCCC(CCC(CCCCCCCCCCC)C(N)=O)C(N)=O. The zero-order chi connectivity index (χ0) is 23.9. The molecule has 0 bridgehead atoms. The summed E-state index contributed by atoms with van der Waals surface area (Å²) >= 11 is 0. The second kappa shape index (κ2) is 23.1. The minimum absolute atomic E-state index is 0.107. The summed E-state index contributed by atoms with van der Waals surface area (Å²) in [7, 11) is 0. The fraction of sp³-hybridized carbons (Fsp3) is 0.929. The van der Waals surface area contributed by atoms with Crippen LogP contribution in [0, 0.1) is 11.8 Å². The number of rotatable bonds is 25. The van der Waals surface area contributed by atoms with Gasteiger partial charge in [0.15, 0.2) is 0 Å². The average molecular weight is 453 g/mol. The molecule has 0 saturated carbocycles. The molecular formula is C28H56N2O2. The number of carbonyl (C=O) groups is 2. The first kappa shape index (κ1) is 30.9. The third kappa shape index (κ3) is 19.6. The van der Waals surface area contributed by atoms with Crippen molar-refractivity contribution in [1.29, 1.82) is 0 Å². The van der Waals surface area contributed by atoms with E-state index in [1.807, 2.05) is 0 Å². The summed E-state index contributed by atoms with van der Waals surface area (Å²) in [5.74, 6) is -0.638. The molecular weight excluding hydrogens is 396 g/mol. The highest BCUT2D eigenvalue weighted by Gasteiger charge is 2.20. The van der Waals surface area contributed by atoms with Gasteiger partial charge in [-0.1, -0.05) is 129 Å². The van der Waals surface area contributed by atoms with Crippen molar-refractivity contribution in [2.75, 3.05) is 0 Å². The monoisotopic (exact) mass is 452 g/mol. The molecule has 4 heteroatoms. The van der Waals surface area contributed by atoms with Crippen molar-refractivity contribution in [3.63, 3.8) is 0 Å². The van der Waals surface area contributed by atoms with Gasteiger partial charge >= 0.3 is 0 Å². The predicted octanol–water partition coefficient (Wildman–Crippen LogP) is 7.81. The Balaban J connectivity index is 3.93. The molecule has 0 aliphatic carbocycles. The van der Waals surface area contributed by atoms with Crippen LogP contribution in [0.3, 0.4) is 0 Å². The number of unbranched alkanes of at least 4 members (excludes halogenated alkanes) is 16. The lowest BCUT2D eigenvalue weighted by Gasteiger charge is -2.17. The fourth-order valence-electron chi connectivity index (χ4n) is 4.66. The highest BCUT2D eigenvalue weighted by molar-refractivity contribution is 5.78. The Morgan fingerprint density at radius 2 is 0.688 bits per heavy atom. The lowest BCUT2D eigenvalue weighted by Crippen LogP contribution is -2.27. The van der Waals surface area contributed by atoms with Gasteiger partial charge in [0.25, 0.3) is 0 Å². The Labute approximate surface area is 200 Å². The van der Waals surface area contributed by atoms with Crippen LogP contribution in [0.25, 0.3) is 0 Å². The van der Waals surface area contributed by atoms with E-state index >= 15 is 0 Å². The van der Waals surface area contributed by atoms with E-state index in [4.69, 9.17) is 11.5 Å². The van der Waals surface area contributed by atoms with E-state index in [9.17, 15) is 9.59 Å². The van der Waals surface area contributed by atoms with Gasteiger partial charge in [0.2, 0.25) is 11.8 Å². The maximum atomic E-state index is 11.9. The molecule has 0 aromatic heterocycles. The van der Waals surface area contributed by atoms with Gasteiger partial charge in [0.1, 0.15) is 0 Å². The quantitative estimate of drug-likeness (QED) is 0.138. The Hall–Kier alpha value is -1.06. The molecule has 0 heterocycles. The van der Waals surface area contributed by atoms with E-state index < -0.39 is 0 Å². The van der Waals surface area contributed by atoms with Gasteiger partial charge in [-0.25, -0.2) is 0 Å². The third-order valence-corrected chi connectivity index (χ3v) is 6.98. The van der Waals surface area contributed by atoms with Gasteiger partial charge in [0, 0.05) is 11.8 Å². The molecule has 0 aromatic rings. The van der Waals surface area contributed by atoms with Crippen molar-refractivity contribution in [1.82, 2.24) is 0 Å². The number of hydrogen-bond donors (Lipinski definition) is 2. The van der Waals surface area contributed by atoms with Crippen LogP contribution in [0.15, 0.2) is 0 Å². The van der Waals surface area contributed by atoms with Crippen molar-refractivity contribution in [3.05, 3.63) is 0 Å². The molecule has 0 radical (unpaired) electrons. The van der Waals surface area contributed by atoms with Crippen LogP contribution < -0.4 is 11.5 Å². The first-order valence-corrected chi connectivity index (χ1v) is 14.1. The van der Waals surface area contributed by atoms with Crippen LogP contribution in [0.4, 0.5) is 0 Å². The van der Waals surface area contributed by atoms with Crippen LogP contribution in [0.2, 0.25) is 0 Å². The Kier molecular flexibility index (Phi) is 22.3. The number of nitrogens with two attached hydrogens (primary N) is 2. The number of primary amides is 2. The summed E-state index contributed by atoms with van der Waals surface area (Å²) in [5, 5.41) is 0. The molecule has 0 aliphatic rings. The van der Waals surface area contributed by atoms with Crippen molar-refractivity contribution >= 4 is 11.8 Å². The Morgan fingerprint density at radius 3 is 0.938 bits per heavy atom. The van der Waals surface area contributed by atoms with E-state index in [1.54, 1.807) is 0 Å². The molecule has 190 valence electrons. The molecule has 32 heavy (non-hydrogen) atoms. The topological polar surface area (TPSA) is 86.2 Å². The molecule has 0 aliphatic heterocycles. The van der Waals surface area contributed by atoms with Crippen LogP contribution in [0.5, 0.6) is 0 Å². The number of amides is 2. The summed E-state index contributed by atoms with van der Waals surface area (Å²) in [6, 6.07) is 0. The zero-order valence-electron chi connectivity index (χ0n) is 21.7. The van der Waals surface area contributed by atoms with E-state index in [-0.39, 0.29) is 23.7 Å². The second-order valence-electron chi connectivity index (χ2n) is 10.0. The lowest BCUT2D eigenvalue weighted by atomic mass is 9.88. The summed E-state index contributed by atoms with van der Waals surface area (Å²) in [6.07, 6.45) is 26.1. The standard InChI is InChI=1S/C28H56N2O2/c1-3-5-7-9-11-13-15-17-19-21-25(27(29)31)23-24-26(28(30)32)22-20-18-16-14-12-10-8-6-4-2/h25-26H,3-24H2,1-2H3,(H2,29,31)(H2,30,32). The minimum Gasteiger partial charge on any atom is -0.369 e. The Morgan fingerprint density at radius 1 is 0.438 bits per heavy atom. The second-order valence-corrected chi connectivity index (χ2v) is 10.0. The molecule has 0 rings (SSSR count). The molecule has 2 unspecified atom stereocenters. The summed E-state index contributed by atoms with van der Waals surface area (Å²) < 4.78 is 0. The van der Waals surface area contributed by atoms with E-state index in [1.165, 1.54) is 103 Å². The normalized spacial score (nSPS) is 13.2. The maximum Gasteiger partial charge on any atom is 0.220 e. The van der Waals surface area contributed by atoms with Gasteiger partial charge in [-0.15, -0.1) is 0 Å². The summed E-state index contributed by atoms with van der Waals surface area (Å²) in [5.41, 5.74) is 11.3. The lowest BCUT2D eigenvalue weighted by molar-refractivity contribution is -0.124. The molecule has 0 aromatic carbocycles. The molecule has 0 spiro atoms. The highest BCUT2D eigenvalue weighted by Crippen LogP contribution is 2.23. The molecule has 4 N–H and O–H groups in total. The largest absolute Gasteiger partial charge is 0.369 e. The smallest absolute Gasteiger partial charge is 0.220 e. The molecule has 2 amide bonds. The van der Waals surface area contributed by atoms with E-state index in [2.05, 4.69) is 13.8 Å². The molecule has 4 nitrogen and oxygen atoms in total. The van der Waals surface area contributed by atoms with Crippen LogP contribution in [-0.2, 0) is 9.59 Å².